The van der Waals surface area contributed by atoms with E-state index in [1.165, 1.54) is 0 Å². The predicted octanol–water partition coefficient (Wildman–Crippen LogP) is 3.01. The Kier molecular flexibility index (Phi) is 6.55. The highest BCUT2D eigenvalue weighted by Gasteiger charge is 2.07. The summed E-state index contributed by atoms with van der Waals surface area (Å²) in [6.07, 6.45) is 0. The lowest BCUT2D eigenvalue weighted by Crippen LogP contribution is -2.27. The number of phenolic OH excluding ortho intramolecular Hbond substituents is 1. The minimum absolute atomic E-state index is 0.309. The molecule has 96 valence electrons. The normalized spacial score (nSPS) is 11.1. The first-order valence-corrected chi connectivity index (χ1v) is 6.74. The van der Waals surface area contributed by atoms with Gasteiger partial charge in [-0.3, -0.25) is 4.90 Å². The molecule has 1 aromatic carbocycles. The standard InChI is InChI=1S/C13H20BrNO2/c1-3-15(7-8-17-4-2)10-11-9-12(16)5-6-13(11)14/h5-6,9,16H,3-4,7-8,10H2,1-2H3. The van der Waals surface area contributed by atoms with Gasteiger partial charge in [-0.15, -0.1) is 0 Å². The number of phenols is 1. The van der Waals surface area contributed by atoms with Crippen LogP contribution in [0.25, 0.3) is 0 Å². The van der Waals surface area contributed by atoms with Crippen LogP contribution in [0.1, 0.15) is 19.4 Å². The van der Waals surface area contributed by atoms with Crippen LogP contribution in [-0.4, -0.2) is 36.3 Å². The van der Waals surface area contributed by atoms with E-state index in [0.717, 1.165) is 42.9 Å². The van der Waals surface area contributed by atoms with E-state index < -0.39 is 0 Å². The summed E-state index contributed by atoms with van der Waals surface area (Å²) < 4.78 is 6.39. The fourth-order valence-corrected chi connectivity index (χ4v) is 1.98. The highest BCUT2D eigenvalue weighted by Crippen LogP contribution is 2.22. The van der Waals surface area contributed by atoms with Crippen molar-refractivity contribution in [3.8, 4) is 5.75 Å². The van der Waals surface area contributed by atoms with Crippen LogP contribution < -0.4 is 0 Å². The number of hydrogen-bond donors (Lipinski definition) is 1. The third-order valence-electron chi connectivity index (χ3n) is 2.63. The van der Waals surface area contributed by atoms with Crippen molar-refractivity contribution in [2.45, 2.75) is 20.4 Å². The summed E-state index contributed by atoms with van der Waals surface area (Å²) in [5.74, 6) is 0.309. The van der Waals surface area contributed by atoms with Gasteiger partial charge >= 0.3 is 0 Å². The number of hydrogen-bond acceptors (Lipinski definition) is 3. The first-order valence-electron chi connectivity index (χ1n) is 5.94. The Morgan fingerprint density at radius 3 is 2.76 bits per heavy atom. The fraction of sp³-hybridized carbons (Fsp3) is 0.538. The monoisotopic (exact) mass is 301 g/mol. The number of benzene rings is 1. The molecule has 0 aromatic heterocycles. The molecule has 1 rings (SSSR count). The molecule has 0 radical (unpaired) electrons. The summed E-state index contributed by atoms with van der Waals surface area (Å²) in [6.45, 7) is 8.33. The number of rotatable bonds is 7. The molecule has 0 saturated carbocycles. The summed E-state index contributed by atoms with van der Waals surface area (Å²) in [5.41, 5.74) is 1.10. The topological polar surface area (TPSA) is 32.7 Å². The van der Waals surface area contributed by atoms with Crippen molar-refractivity contribution in [3.63, 3.8) is 0 Å². The molecule has 0 unspecified atom stereocenters. The molecule has 1 aromatic rings. The second kappa shape index (κ2) is 7.69. The Hall–Kier alpha value is -0.580. The SMILES string of the molecule is CCOCCN(CC)Cc1cc(O)ccc1Br. The Labute approximate surface area is 112 Å². The number of aromatic hydroxyl groups is 1. The molecule has 0 aliphatic carbocycles. The van der Waals surface area contributed by atoms with E-state index in [1.54, 1.807) is 12.1 Å². The Morgan fingerprint density at radius 1 is 1.35 bits per heavy atom. The van der Waals surface area contributed by atoms with Crippen molar-refractivity contribution >= 4 is 15.9 Å². The highest BCUT2D eigenvalue weighted by atomic mass is 79.9. The Bertz CT molecular complexity index is 344. The third-order valence-corrected chi connectivity index (χ3v) is 3.40. The van der Waals surface area contributed by atoms with E-state index in [4.69, 9.17) is 4.74 Å². The van der Waals surface area contributed by atoms with Gasteiger partial charge in [0.15, 0.2) is 0 Å². The van der Waals surface area contributed by atoms with Crippen LogP contribution in [0, 0.1) is 0 Å². The van der Waals surface area contributed by atoms with Gasteiger partial charge < -0.3 is 9.84 Å². The van der Waals surface area contributed by atoms with Gasteiger partial charge in [0.1, 0.15) is 5.75 Å². The van der Waals surface area contributed by atoms with Crippen molar-refractivity contribution in [1.82, 2.24) is 4.90 Å². The van der Waals surface area contributed by atoms with Gasteiger partial charge in [0.2, 0.25) is 0 Å². The zero-order chi connectivity index (χ0) is 12.7. The quantitative estimate of drug-likeness (QED) is 0.786. The molecule has 0 bridgehead atoms. The highest BCUT2D eigenvalue weighted by molar-refractivity contribution is 9.10. The van der Waals surface area contributed by atoms with Crippen LogP contribution in [-0.2, 0) is 11.3 Å². The molecule has 3 nitrogen and oxygen atoms in total. The van der Waals surface area contributed by atoms with E-state index in [-0.39, 0.29) is 0 Å². The average molecular weight is 302 g/mol. The minimum atomic E-state index is 0.309. The van der Waals surface area contributed by atoms with Gasteiger partial charge in [-0.1, -0.05) is 22.9 Å². The number of likely N-dealkylation sites (N-methyl/N-ethyl adjacent to an activating group) is 1. The second-order valence-electron chi connectivity index (χ2n) is 3.84. The summed E-state index contributed by atoms with van der Waals surface area (Å²) >= 11 is 3.50. The van der Waals surface area contributed by atoms with E-state index in [9.17, 15) is 5.11 Å². The van der Waals surface area contributed by atoms with Gasteiger partial charge in [0.05, 0.1) is 6.61 Å². The van der Waals surface area contributed by atoms with Crippen molar-refractivity contribution in [1.29, 1.82) is 0 Å². The van der Waals surface area contributed by atoms with Crippen molar-refractivity contribution < 1.29 is 9.84 Å². The van der Waals surface area contributed by atoms with Crippen LogP contribution >= 0.6 is 15.9 Å². The molecule has 17 heavy (non-hydrogen) atoms. The smallest absolute Gasteiger partial charge is 0.115 e. The summed E-state index contributed by atoms with van der Waals surface area (Å²) in [6, 6.07) is 5.36. The van der Waals surface area contributed by atoms with Gasteiger partial charge in [-0.05, 0) is 37.2 Å². The molecule has 1 N–H and O–H groups in total. The molecule has 0 aliphatic rings. The van der Waals surface area contributed by atoms with Crippen molar-refractivity contribution in [2.75, 3.05) is 26.3 Å². The van der Waals surface area contributed by atoms with Gasteiger partial charge in [-0.25, -0.2) is 0 Å². The molecule has 0 saturated heterocycles. The zero-order valence-corrected chi connectivity index (χ0v) is 12.0. The summed E-state index contributed by atoms with van der Waals surface area (Å²) in [5, 5.41) is 9.47. The van der Waals surface area contributed by atoms with Crippen molar-refractivity contribution in [2.24, 2.45) is 0 Å². The molecule has 0 heterocycles. The molecule has 0 amide bonds. The minimum Gasteiger partial charge on any atom is -0.508 e. The van der Waals surface area contributed by atoms with Crippen LogP contribution in [0.3, 0.4) is 0 Å². The van der Waals surface area contributed by atoms with Crippen LogP contribution in [0.2, 0.25) is 0 Å². The number of halogens is 1. The third kappa shape index (κ3) is 5.06. The van der Waals surface area contributed by atoms with E-state index in [1.807, 2.05) is 13.0 Å². The Balaban J connectivity index is 2.57. The Morgan fingerprint density at radius 2 is 2.12 bits per heavy atom. The molecular weight excluding hydrogens is 282 g/mol. The van der Waals surface area contributed by atoms with Crippen LogP contribution in [0.5, 0.6) is 5.75 Å². The average Bonchev–Trinajstić information content (AvgIpc) is 2.32. The van der Waals surface area contributed by atoms with Crippen molar-refractivity contribution in [3.05, 3.63) is 28.2 Å². The first-order chi connectivity index (χ1) is 8.17. The molecule has 0 atom stereocenters. The summed E-state index contributed by atoms with van der Waals surface area (Å²) in [4.78, 5) is 2.29. The molecule has 0 spiro atoms. The van der Waals surface area contributed by atoms with E-state index >= 15 is 0 Å². The largest absolute Gasteiger partial charge is 0.508 e. The molecular formula is C13H20BrNO2. The molecule has 0 fully saturated rings. The zero-order valence-electron chi connectivity index (χ0n) is 10.4. The molecule has 4 heteroatoms. The van der Waals surface area contributed by atoms with Gasteiger partial charge in [-0.2, -0.15) is 0 Å². The van der Waals surface area contributed by atoms with Gasteiger partial charge in [0.25, 0.3) is 0 Å². The molecule has 0 aliphatic heterocycles. The predicted molar refractivity (Wildman–Crippen MR) is 73.3 cm³/mol. The van der Waals surface area contributed by atoms with E-state index in [0.29, 0.717) is 5.75 Å². The summed E-state index contributed by atoms with van der Waals surface area (Å²) in [7, 11) is 0. The van der Waals surface area contributed by atoms with Gasteiger partial charge in [0, 0.05) is 24.2 Å². The number of nitrogens with zero attached hydrogens (tertiary/aromatic N) is 1. The maximum Gasteiger partial charge on any atom is 0.115 e. The fourth-order valence-electron chi connectivity index (χ4n) is 1.61. The maximum absolute atomic E-state index is 9.47. The van der Waals surface area contributed by atoms with Crippen LogP contribution in [0.15, 0.2) is 22.7 Å². The lowest BCUT2D eigenvalue weighted by Gasteiger charge is -2.21. The first kappa shape index (κ1) is 14.5. The lowest BCUT2D eigenvalue weighted by atomic mass is 10.2. The number of ether oxygens (including phenoxy) is 1. The second-order valence-corrected chi connectivity index (χ2v) is 4.70. The van der Waals surface area contributed by atoms with Crippen LogP contribution in [0.4, 0.5) is 0 Å². The lowest BCUT2D eigenvalue weighted by molar-refractivity contribution is 0.113. The van der Waals surface area contributed by atoms with E-state index in [2.05, 4.69) is 27.8 Å². The maximum atomic E-state index is 9.47.